The largest absolute Gasteiger partial charge is 0.497 e. The van der Waals surface area contributed by atoms with Crippen molar-refractivity contribution in [2.75, 3.05) is 7.11 Å². The highest BCUT2D eigenvalue weighted by molar-refractivity contribution is 5.85. The molecule has 0 saturated carbocycles. The number of methoxy groups -OCH3 is 1. The number of hydrogen-bond acceptors (Lipinski definition) is 2. The van der Waals surface area contributed by atoms with Crippen molar-refractivity contribution in [2.45, 2.75) is 6.04 Å². The molecule has 2 nitrogen and oxygen atoms in total. The van der Waals surface area contributed by atoms with E-state index in [0.717, 1.165) is 11.3 Å². The van der Waals surface area contributed by atoms with Crippen LogP contribution < -0.4 is 10.5 Å². The lowest BCUT2D eigenvalue weighted by Crippen LogP contribution is -2.06. The summed E-state index contributed by atoms with van der Waals surface area (Å²) in [6.07, 6.45) is 1.70. The molecule has 0 aliphatic heterocycles. The van der Waals surface area contributed by atoms with Gasteiger partial charge >= 0.3 is 0 Å². The molecule has 0 heterocycles. The van der Waals surface area contributed by atoms with Gasteiger partial charge in [0.15, 0.2) is 0 Å². The van der Waals surface area contributed by atoms with Crippen LogP contribution in [0.4, 0.5) is 0 Å². The van der Waals surface area contributed by atoms with Crippen molar-refractivity contribution >= 4 is 12.4 Å². The molecule has 0 spiro atoms. The van der Waals surface area contributed by atoms with E-state index in [2.05, 4.69) is 6.58 Å². The maximum absolute atomic E-state index is 5.74. The standard InChI is InChI=1S/C10H13NO.ClH/c1-3-10(11)8-5-4-6-9(7-8)12-2;/h3-7,10H,1,11H2,2H3;1H/t10-;/m1./s1. The van der Waals surface area contributed by atoms with Gasteiger partial charge in [0.25, 0.3) is 0 Å². The summed E-state index contributed by atoms with van der Waals surface area (Å²) >= 11 is 0. The molecule has 0 unspecified atom stereocenters. The van der Waals surface area contributed by atoms with Gasteiger partial charge in [0.1, 0.15) is 5.75 Å². The molecule has 0 radical (unpaired) electrons. The molecule has 0 saturated heterocycles. The summed E-state index contributed by atoms with van der Waals surface area (Å²) < 4.78 is 5.06. The molecule has 72 valence electrons. The lowest BCUT2D eigenvalue weighted by Gasteiger charge is -2.07. The van der Waals surface area contributed by atoms with E-state index in [9.17, 15) is 0 Å². The number of halogens is 1. The maximum atomic E-state index is 5.74. The monoisotopic (exact) mass is 199 g/mol. The van der Waals surface area contributed by atoms with Gasteiger partial charge in [-0.05, 0) is 17.7 Å². The van der Waals surface area contributed by atoms with Gasteiger partial charge in [-0.2, -0.15) is 0 Å². The minimum atomic E-state index is -0.111. The molecular weight excluding hydrogens is 186 g/mol. The van der Waals surface area contributed by atoms with E-state index in [1.807, 2.05) is 24.3 Å². The summed E-state index contributed by atoms with van der Waals surface area (Å²) in [5.41, 5.74) is 6.76. The fraction of sp³-hybridized carbons (Fsp3) is 0.200. The van der Waals surface area contributed by atoms with Crippen LogP contribution in [-0.2, 0) is 0 Å². The van der Waals surface area contributed by atoms with Crippen molar-refractivity contribution in [3.05, 3.63) is 42.5 Å². The molecular formula is C10H14ClNO. The molecule has 0 aliphatic carbocycles. The lowest BCUT2D eigenvalue weighted by atomic mass is 10.1. The van der Waals surface area contributed by atoms with Crippen LogP contribution >= 0.6 is 12.4 Å². The van der Waals surface area contributed by atoms with E-state index < -0.39 is 0 Å². The lowest BCUT2D eigenvalue weighted by molar-refractivity contribution is 0.414. The first-order valence-corrected chi connectivity index (χ1v) is 3.80. The first-order valence-electron chi connectivity index (χ1n) is 3.80. The molecule has 0 aromatic heterocycles. The Balaban J connectivity index is 0.00000144. The molecule has 1 aromatic carbocycles. The Kier molecular flexibility index (Phi) is 5.19. The van der Waals surface area contributed by atoms with Gasteiger partial charge in [0, 0.05) is 6.04 Å². The van der Waals surface area contributed by atoms with Crippen molar-refractivity contribution < 1.29 is 4.74 Å². The molecule has 2 N–H and O–H groups in total. The molecule has 0 fully saturated rings. The van der Waals surface area contributed by atoms with Crippen LogP contribution in [0.2, 0.25) is 0 Å². The molecule has 3 heteroatoms. The first kappa shape index (κ1) is 12.0. The Bertz CT molecular complexity index is 275. The predicted molar refractivity (Wildman–Crippen MR) is 57.4 cm³/mol. The summed E-state index contributed by atoms with van der Waals surface area (Å²) in [7, 11) is 1.64. The molecule has 1 rings (SSSR count). The zero-order valence-electron chi connectivity index (χ0n) is 7.57. The SMILES string of the molecule is C=C[C@@H](N)c1cccc(OC)c1.Cl. The highest BCUT2D eigenvalue weighted by atomic mass is 35.5. The average molecular weight is 200 g/mol. The molecule has 1 atom stereocenters. The van der Waals surface area contributed by atoms with E-state index in [0.29, 0.717) is 0 Å². The van der Waals surface area contributed by atoms with E-state index in [1.165, 1.54) is 0 Å². The van der Waals surface area contributed by atoms with Gasteiger partial charge in [0.2, 0.25) is 0 Å². The second kappa shape index (κ2) is 5.62. The van der Waals surface area contributed by atoms with Crippen LogP contribution in [0.15, 0.2) is 36.9 Å². The van der Waals surface area contributed by atoms with Crippen molar-refractivity contribution in [2.24, 2.45) is 5.73 Å². The Morgan fingerprint density at radius 2 is 2.23 bits per heavy atom. The van der Waals surface area contributed by atoms with Crippen LogP contribution in [0.1, 0.15) is 11.6 Å². The highest BCUT2D eigenvalue weighted by Crippen LogP contribution is 2.17. The maximum Gasteiger partial charge on any atom is 0.119 e. The highest BCUT2D eigenvalue weighted by Gasteiger charge is 2.00. The zero-order chi connectivity index (χ0) is 8.97. The number of hydrogen-bond donors (Lipinski definition) is 1. The summed E-state index contributed by atoms with van der Waals surface area (Å²) in [5.74, 6) is 0.824. The van der Waals surface area contributed by atoms with Crippen molar-refractivity contribution in [3.63, 3.8) is 0 Å². The second-order valence-corrected chi connectivity index (χ2v) is 2.54. The summed E-state index contributed by atoms with van der Waals surface area (Å²) in [6, 6.07) is 7.55. The molecule has 0 amide bonds. The molecule has 0 bridgehead atoms. The van der Waals surface area contributed by atoms with E-state index in [1.54, 1.807) is 13.2 Å². The van der Waals surface area contributed by atoms with E-state index in [4.69, 9.17) is 10.5 Å². The van der Waals surface area contributed by atoms with Gasteiger partial charge in [0.05, 0.1) is 7.11 Å². The third-order valence-electron chi connectivity index (χ3n) is 1.73. The first-order chi connectivity index (χ1) is 5.77. The minimum Gasteiger partial charge on any atom is -0.497 e. The smallest absolute Gasteiger partial charge is 0.119 e. The van der Waals surface area contributed by atoms with Crippen LogP contribution in [0.5, 0.6) is 5.75 Å². The fourth-order valence-corrected chi connectivity index (χ4v) is 0.985. The summed E-state index contributed by atoms with van der Waals surface area (Å²) in [6.45, 7) is 3.63. The van der Waals surface area contributed by atoms with Crippen LogP contribution in [0.25, 0.3) is 0 Å². The van der Waals surface area contributed by atoms with Gasteiger partial charge in [-0.25, -0.2) is 0 Å². The van der Waals surface area contributed by atoms with Gasteiger partial charge in [-0.1, -0.05) is 18.2 Å². The normalized spacial score (nSPS) is 11.2. The number of benzene rings is 1. The zero-order valence-corrected chi connectivity index (χ0v) is 8.38. The summed E-state index contributed by atoms with van der Waals surface area (Å²) in [5, 5.41) is 0. The van der Waals surface area contributed by atoms with Gasteiger partial charge in [-0.3, -0.25) is 0 Å². The van der Waals surface area contributed by atoms with Crippen LogP contribution in [0.3, 0.4) is 0 Å². The van der Waals surface area contributed by atoms with Gasteiger partial charge < -0.3 is 10.5 Å². The summed E-state index contributed by atoms with van der Waals surface area (Å²) in [4.78, 5) is 0. The molecule has 0 aliphatic rings. The quantitative estimate of drug-likeness (QED) is 0.759. The Morgan fingerprint density at radius 1 is 1.54 bits per heavy atom. The molecule has 13 heavy (non-hydrogen) atoms. The van der Waals surface area contributed by atoms with Gasteiger partial charge in [-0.15, -0.1) is 19.0 Å². The Hall–Kier alpha value is -0.990. The number of ether oxygens (including phenoxy) is 1. The third kappa shape index (κ3) is 3.09. The van der Waals surface area contributed by atoms with Crippen LogP contribution in [0, 0.1) is 0 Å². The Labute approximate surface area is 84.8 Å². The number of nitrogens with two attached hydrogens (primary N) is 1. The van der Waals surface area contributed by atoms with Crippen molar-refractivity contribution in [1.29, 1.82) is 0 Å². The van der Waals surface area contributed by atoms with Crippen molar-refractivity contribution in [3.8, 4) is 5.75 Å². The fourth-order valence-electron chi connectivity index (χ4n) is 0.985. The Morgan fingerprint density at radius 3 is 2.77 bits per heavy atom. The minimum absolute atomic E-state index is 0. The van der Waals surface area contributed by atoms with Crippen molar-refractivity contribution in [1.82, 2.24) is 0 Å². The molecule has 1 aromatic rings. The van der Waals surface area contributed by atoms with Crippen LogP contribution in [-0.4, -0.2) is 7.11 Å². The predicted octanol–water partition coefficient (Wildman–Crippen LogP) is 2.30. The third-order valence-corrected chi connectivity index (χ3v) is 1.73. The number of rotatable bonds is 3. The average Bonchev–Trinajstić information content (AvgIpc) is 2.17. The van der Waals surface area contributed by atoms with E-state index in [-0.39, 0.29) is 18.4 Å². The van der Waals surface area contributed by atoms with E-state index >= 15 is 0 Å². The topological polar surface area (TPSA) is 35.2 Å². The second-order valence-electron chi connectivity index (χ2n) is 2.54.